The standard InChI is InChI=1S/C19H23N3O2S/c23-17(19(8-1-2-9-19)16-7-4-13-25-16)22-12-3-6-15(14-22)24-18-20-10-5-11-21-18/h4-5,7,10-11,13,15H,1-3,6,8-9,12,14H2. The highest BCUT2D eigenvalue weighted by Crippen LogP contribution is 2.44. The van der Waals surface area contributed by atoms with E-state index < -0.39 is 0 Å². The summed E-state index contributed by atoms with van der Waals surface area (Å²) in [5, 5.41) is 2.08. The van der Waals surface area contributed by atoms with Crippen molar-refractivity contribution in [2.24, 2.45) is 0 Å². The molecule has 1 aliphatic heterocycles. The molecule has 1 saturated heterocycles. The summed E-state index contributed by atoms with van der Waals surface area (Å²) in [5.74, 6) is 0.287. The molecule has 25 heavy (non-hydrogen) atoms. The Morgan fingerprint density at radius 3 is 2.72 bits per heavy atom. The molecular formula is C19H23N3O2S. The third-order valence-electron chi connectivity index (χ3n) is 5.34. The average molecular weight is 357 g/mol. The van der Waals surface area contributed by atoms with Crippen LogP contribution >= 0.6 is 11.3 Å². The highest BCUT2D eigenvalue weighted by atomic mass is 32.1. The maximum atomic E-state index is 13.5. The minimum atomic E-state index is -0.306. The number of aromatic nitrogens is 2. The molecule has 1 amide bonds. The molecule has 6 heteroatoms. The fraction of sp³-hybridized carbons (Fsp3) is 0.526. The molecule has 0 N–H and O–H groups in total. The number of likely N-dealkylation sites (tertiary alicyclic amines) is 1. The first kappa shape index (κ1) is 16.5. The van der Waals surface area contributed by atoms with E-state index in [0.29, 0.717) is 12.6 Å². The Bertz CT molecular complexity index is 699. The normalized spacial score (nSPS) is 22.7. The van der Waals surface area contributed by atoms with Gasteiger partial charge in [-0.15, -0.1) is 11.3 Å². The molecule has 2 fully saturated rings. The van der Waals surface area contributed by atoms with E-state index in [4.69, 9.17) is 4.74 Å². The number of thiophene rings is 1. The van der Waals surface area contributed by atoms with Crippen LogP contribution in [0.1, 0.15) is 43.4 Å². The van der Waals surface area contributed by atoms with Crippen molar-refractivity contribution in [2.75, 3.05) is 13.1 Å². The van der Waals surface area contributed by atoms with Crippen LogP contribution in [0, 0.1) is 0 Å². The van der Waals surface area contributed by atoms with Crippen LogP contribution in [-0.2, 0) is 10.2 Å². The summed E-state index contributed by atoms with van der Waals surface area (Å²) in [4.78, 5) is 25.0. The molecule has 5 nitrogen and oxygen atoms in total. The number of carbonyl (C=O) groups is 1. The van der Waals surface area contributed by atoms with Gasteiger partial charge in [-0.1, -0.05) is 18.9 Å². The number of nitrogens with zero attached hydrogens (tertiary/aromatic N) is 3. The lowest BCUT2D eigenvalue weighted by Gasteiger charge is -2.38. The van der Waals surface area contributed by atoms with Crippen molar-refractivity contribution in [2.45, 2.75) is 50.0 Å². The van der Waals surface area contributed by atoms with Crippen LogP contribution in [0.2, 0.25) is 0 Å². The molecule has 2 aromatic rings. The van der Waals surface area contributed by atoms with Gasteiger partial charge in [-0.25, -0.2) is 9.97 Å². The van der Waals surface area contributed by atoms with E-state index in [-0.39, 0.29) is 17.4 Å². The maximum Gasteiger partial charge on any atom is 0.316 e. The summed E-state index contributed by atoms with van der Waals surface area (Å²) in [7, 11) is 0. The number of rotatable bonds is 4. The van der Waals surface area contributed by atoms with E-state index in [1.165, 1.54) is 4.88 Å². The first-order valence-electron chi connectivity index (χ1n) is 9.05. The first-order chi connectivity index (χ1) is 12.3. The molecule has 1 atom stereocenters. The predicted molar refractivity (Wildman–Crippen MR) is 96.7 cm³/mol. The molecule has 0 radical (unpaired) electrons. The number of carbonyl (C=O) groups excluding carboxylic acids is 1. The first-order valence-corrected chi connectivity index (χ1v) is 9.93. The summed E-state index contributed by atoms with van der Waals surface area (Å²) in [6.45, 7) is 1.45. The number of hydrogen-bond acceptors (Lipinski definition) is 5. The molecule has 2 aromatic heterocycles. The highest BCUT2D eigenvalue weighted by Gasteiger charge is 2.46. The summed E-state index contributed by atoms with van der Waals surface area (Å²) in [5.41, 5.74) is -0.306. The molecule has 132 valence electrons. The van der Waals surface area contributed by atoms with Crippen LogP contribution in [0.4, 0.5) is 0 Å². The van der Waals surface area contributed by atoms with Crippen molar-refractivity contribution >= 4 is 17.2 Å². The third kappa shape index (κ3) is 3.27. The topological polar surface area (TPSA) is 55.3 Å². The van der Waals surface area contributed by atoms with Gasteiger partial charge in [0.15, 0.2) is 0 Å². The Labute approximate surface area is 152 Å². The third-order valence-corrected chi connectivity index (χ3v) is 6.41. The maximum absolute atomic E-state index is 13.5. The molecular weight excluding hydrogens is 334 g/mol. The lowest BCUT2D eigenvalue weighted by atomic mass is 9.82. The lowest BCUT2D eigenvalue weighted by Crippen LogP contribution is -2.51. The van der Waals surface area contributed by atoms with Gasteiger partial charge in [0.25, 0.3) is 0 Å². The van der Waals surface area contributed by atoms with Gasteiger partial charge in [0.05, 0.1) is 12.0 Å². The Hall–Kier alpha value is -1.95. The quantitative estimate of drug-likeness (QED) is 0.841. The van der Waals surface area contributed by atoms with Crippen molar-refractivity contribution in [3.05, 3.63) is 40.8 Å². The second-order valence-electron chi connectivity index (χ2n) is 6.93. The molecule has 2 aliphatic rings. The van der Waals surface area contributed by atoms with E-state index >= 15 is 0 Å². The Kier molecular flexibility index (Phi) is 4.70. The lowest BCUT2D eigenvalue weighted by molar-refractivity contribution is -0.140. The second kappa shape index (κ2) is 7.12. The van der Waals surface area contributed by atoms with Crippen molar-refractivity contribution in [3.8, 4) is 6.01 Å². The monoisotopic (exact) mass is 357 g/mol. The van der Waals surface area contributed by atoms with Gasteiger partial charge in [-0.2, -0.15) is 0 Å². The zero-order valence-electron chi connectivity index (χ0n) is 14.3. The van der Waals surface area contributed by atoms with E-state index in [0.717, 1.165) is 45.1 Å². The molecule has 1 unspecified atom stereocenters. The number of ether oxygens (including phenoxy) is 1. The van der Waals surface area contributed by atoms with Crippen LogP contribution in [0.5, 0.6) is 6.01 Å². The minimum Gasteiger partial charge on any atom is -0.458 e. The number of amides is 1. The molecule has 1 saturated carbocycles. The van der Waals surface area contributed by atoms with Gasteiger partial charge in [-0.3, -0.25) is 4.79 Å². The second-order valence-corrected chi connectivity index (χ2v) is 7.88. The minimum absolute atomic E-state index is 0.0260. The summed E-state index contributed by atoms with van der Waals surface area (Å²) >= 11 is 1.72. The fourth-order valence-corrected chi connectivity index (χ4v) is 5.09. The largest absolute Gasteiger partial charge is 0.458 e. The molecule has 0 spiro atoms. The SMILES string of the molecule is O=C(N1CCCC(Oc2ncccn2)C1)C1(c2cccs2)CCCC1. The van der Waals surface area contributed by atoms with Crippen LogP contribution in [0.25, 0.3) is 0 Å². The van der Waals surface area contributed by atoms with E-state index in [2.05, 4.69) is 27.5 Å². The summed E-state index contributed by atoms with van der Waals surface area (Å²) in [6.07, 6.45) is 9.44. The van der Waals surface area contributed by atoms with Gasteiger partial charge >= 0.3 is 6.01 Å². The molecule has 0 bridgehead atoms. The summed E-state index contributed by atoms with van der Waals surface area (Å²) in [6, 6.07) is 6.36. The average Bonchev–Trinajstić information content (AvgIpc) is 3.34. The van der Waals surface area contributed by atoms with Crippen molar-refractivity contribution < 1.29 is 9.53 Å². The zero-order valence-corrected chi connectivity index (χ0v) is 15.1. The van der Waals surface area contributed by atoms with Crippen LogP contribution in [0.3, 0.4) is 0 Å². The van der Waals surface area contributed by atoms with E-state index in [9.17, 15) is 4.79 Å². The highest BCUT2D eigenvalue weighted by molar-refractivity contribution is 7.10. The van der Waals surface area contributed by atoms with Crippen molar-refractivity contribution in [1.82, 2.24) is 14.9 Å². The van der Waals surface area contributed by atoms with Crippen molar-refractivity contribution in [1.29, 1.82) is 0 Å². The molecule has 4 rings (SSSR count). The molecule has 0 aromatic carbocycles. The van der Waals surface area contributed by atoms with Gasteiger partial charge in [0, 0.05) is 23.8 Å². The van der Waals surface area contributed by atoms with E-state index in [1.54, 1.807) is 29.8 Å². The number of hydrogen-bond donors (Lipinski definition) is 0. The summed E-state index contributed by atoms with van der Waals surface area (Å²) < 4.78 is 5.91. The fourth-order valence-electron chi connectivity index (χ4n) is 4.11. The smallest absolute Gasteiger partial charge is 0.316 e. The molecule has 1 aliphatic carbocycles. The Balaban J connectivity index is 1.49. The number of piperidine rings is 1. The van der Waals surface area contributed by atoms with Crippen molar-refractivity contribution in [3.63, 3.8) is 0 Å². The Morgan fingerprint density at radius 2 is 2.00 bits per heavy atom. The van der Waals surface area contributed by atoms with Crippen LogP contribution in [-0.4, -0.2) is 40.0 Å². The van der Waals surface area contributed by atoms with E-state index in [1.807, 2.05) is 4.90 Å². The van der Waals surface area contributed by atoms with Gasteiger partial charge in [0.1, 0.15) is 6.10 Å². The van der Waals surface area contributed by atoms with Gasteiger partial charge in [-0.05, 0) is 43.2 Å². The van der Waals surface area contributed by atoms with Crippen LogP contribution < -0.4 is 4.74 Å². The zero-order chi connectivity index (χ0) is 17.1. The predicted octanol–water partition coefficient (Wildman–Crippen LogP) is 3.42. The van der Waals surface area contributed by atoms with Crippen LogP contribution in [0.15, 0.2) is 36.0 Å². The Morgan fingerprint density at radius 1 is 1.20 bits per heavy atom. The van der Waals surface area contributed by atoms with Gasteiger partial charge in [0.2, 0.25) is 5.91 Å². The van der Waals surface area contributed by atoms with Gasteiger partial charge < -0.3 is 9.64 Å². The molecule has 3 heterocycles.